The third-order valence-corrected chi connectivity index (χ3v) is 6.25. The normalized spacial score (nSPS) is 14.1. The van der Waals surface area contributed by atoms with Crippen LogP contribution in [-0.4, -0.2) is 9.38 Å². The highest BCUT2D eigenvalue weighted by Gasteiger charge is 2.20. The minimum Gasteiger partial charge on any atom is -0.308 e. The first kappa shape index (κ1) is 13.3. The van der Waals surface area contributed by atoms with Crippen LogP contribution in [0.2, 0.25) is 0 Å². The van der Waals surface area contributed by atoms with E-state index in [2.05, 4.69) is 82.2 Å². The third-order valence-electron chi connectivity index (χ3n) is 6.25. The van der Waals surface area contributed by atoms with Crippen LogP contribution in [0.25, 0.3) is 60.1 Å². The van der Waals surface area contributed by atoms with E-state index >= 15 is 0 Å². The smallest absolute Gasteiger partial charge is 0.0702 e. The quantitative estimate of drug-likeness (QED) is 0.288. The molecule has 0 amide bonds. The van der Waals surface area contributed by atoms with Gasteiger partial charge in [-0.1, -0.05) is 54.6 Å². The fourth-order valence-electron chi connectivity index (χ4n) is 4.98. The molecule has 0 N–H and O–H groups in total. The van der Waals surface area contributed by atoms with Gasteiger partial charge >= 0.3 is 0 Å². The van der Waals surface area contributed by atoms with E-state index in [0.29, 0.717) is 0 Å². The SMILES string of the molecule is [2H]C([2H])([2H])c1ccc(-c2cc3c4ccccc4n4c5ccc6ccccc6c5c(c2)c34)nc1. The molecule has 7 rings (SSSR count). The van der Waals surface area contributed by atoms with E-state index in [1.165, 1.54) is 55.1 Å². The highest BCUT2D eigenvalue weighted by molar-refractivity contribution is 6.29. The first-order valence-electron chi connectivity index (χ1n) is 11.6. The van der Waals surface area contributed by atoms with Crippen molar-refractivity contribution in [1.82, 2.24) is 9.38 Å². The topological polar surface area (TPSA) is 17.3 Å². The fourth-order valence-corrected chi connectivity index (χ4v) is 4.98. The number of benzene rings is 4. The first-order valence-corrected chi connectivity index (χ1v) is 10.1. The van der Waals surface area contributed by atoms with Crippen LogP contribution in [-0.2, 0) is 0 Å². The van der Waals surface area contributed by atoms with Gasteiger partial charge in [0, 0.05) is 37.4 Å². The second-order valence-electron chi connectivity index (χ2n) is 7.89. The molecule has 0 aliphatic carbocycles. The molecule has 0 saturated heterocycles. The van der Waals surface area contributed by atoms with Gasteiger partial charge in [0.25, 0.3) is 0 Å². The predicted molar refractivity (Wildman–Crippen MR) is 127 cm³/mol. The Kier molecular flexibility index (Phi) is 2.48. The van der Waals surface area contributed by atoms with Gasteiger partial charge in [-0.15, -0.1) is 0 Å². The second-order valence-corrected chi connectivity index (χ2v) is 7.89. The van der Waals surface area contributed by atoms with E-state index in [9.17, 15) is 0 Å². The third kappa shape index (κ3) is 1.95. The van der Waals surface area contributed by atoms with Gasteiger partial charge in [-0.3, -0.25) is 4.98 Å². The number of aromatic nitrogens is 2. The second kappa shape index (κ2) is 5.58. The van der Waals surface area contributed by atoms with Crippen LogP contribution >= 0.6 is 0 Å². The van der Waals surface area contributed by atoms with Crippen molar-refractivity contribution < 1.29 is 4.11 Å². The lowest BCUT2D eigenvalue weighted by molar-refractivity contribution is 1.27. The molecule has 0 bridgehead atoms. The molecule has 0 aliphatic heterocycles. The van der Waals surface area contributed by atoms with Crippen molar-refractivity contribution in [2.45, 2.75) is 6.85 Å². The molecule has 3 heterocycles. The predicted octanol–water partition coefficient (Wildman–Crippen LogP) is 7.36. The molecule has 3 aromatic heterocycles. The molecule has 0 spiro atoms. The summed E-state index contributed by atoms with van der Waals surface area (Å²) in [7, 11) is 0. The Bertz CT molecular complexity index is 1840. The van der Waals surface area contributed by atoms with Crippen LogP contribution in [0.3, 0.4) is 0 Å². The molecule has 4 aromatic carbocycles. The summed E-state index contributed by atoms with van der Waals surface area (Å²) in [5.74, 6) is 0. The largest absolute Gasteiger partial charge is 0.308 e. The molecule has 2 nitrogen and oxygen atoms in total. The summed E-state index contributed by atoms with van der Waals surface area (Å²) in [4.78, 5) is 4.53. The molecule has 7 aromatic rings. The maximum absolute atomic E-state index is 7.64. The Labute approximate surface area is 177 Å². The van der Waals surface area contributed by atoms with E-state index in [4.69, 9.17) is 4.11 Å². The zero-order valence-corrected chi connectivity index (χ0v) is 16.1. The summed E-state index contributed by atoms with van der Waals surface area (Å²) in [6.07, 6.45) is 1.47. The summed E-state index contributed by atoms with van der Waals surface area (Å²) in [6.45, 7) is -2.16. The standard InChI is InChI=1S/C28H18N2/c1-17-10-12-24(29-16-17)19-14-22-21-8-4-5-9-25(21)30-26-13-11-18-6-2-3-7-20(18)27(26)23(15-19)28(22)30/h2-16H,1H3/i1D3. The maximum Gasteiger partial charge on any atom is 0.0702 e. The van der Waals surface area contributed by atoms with E-state index < -0.39 is 6.85 Å². The molecular formula is C28H18N2. The maximum atomic E-state index is 7.64. The van der Waals surface area contributed by atoms with Gasteiger partial charge in [0.05, 0.1) is 22.2 Å². The van der Waals surface area contributed by atoms with Crippen molar-refractivity contribution in [2.75, 3.05) is 0 Å². The van der Waals surface area contributed by atoms with Crippen LogP contribution in [0.4, 0.5) is 0 Å². The van der Waals surface area contributed by atoms with E-state index in [-0.39, 0.29) is 5.56 Å². The van der Waals surface area contributed by atoms with Crippen molar-refractivity contribution in [1.29, 1.82) is 0 Å². The van der Waals surface area contributed by atoms with E-state index in [0.717, 1.165) is 11.3 Å². The Hall–Kier alpha value is -3.91. The molecule has 2 heteroatoms. The summed E-state index contributed by atoms with van der Waals surface area (Å²) in [5, 5.41) is 7.25. The van der Waals surface area contributed by atoms with Gasteiger partial charge in [-0.25, -0.2) is 0 Å². The van der Waals surface area contributed by atoms with Gasteiger partial charge < -0.3 is 4.40 Å². The molecule has 0 atom stereocenters. The van der Waals surface area contributed by atoms with Gasteiger partial charge in [-0.05, 0) is 53.5 Å². The number of aryl methyl sites for hydroxylation is 1. The average molecular weight is 385 g/mol. The number of para-hydroxylation sites is 1. The minimum atomic E-state index is -2.16. The molecule has 140 valence electrons. The molecular weight excluding hydrogens is 364 g/mol. The van der Waals surface area contributed by atoms with E-state index in [1.807, 2.05) is 6.07 Å². The molecule has 0 radical (unpaired) electrons. The van der Waals surface area contributed by atoms with Crippen molar-refractivity contribution in [3.63, 3.8) is 0 Å². The monoisotopic (exact) mass is 385 g/mol. The van der Waals surface area contributed by atoms with Gasteiger partial charge in [0.1, 0.15) is 0 Å². The van der Waals surface area contributed by atoms with Gasteiger partial charge in [0.2, 0.25) is 0 Å². The Morgan fingerprint density at radius 1 is 0.733 bits per heavy atom. The van der Waals surface area contributed by atoms with Crippen LogP contribution in [0, 0.1) is 6.85 Å². The first-order chi connectivity index (χ1) is 16.0. The zero-order valence-electron chi connectivity index (χ0n) is 19.1. The van der Waals surface area contributed by atoms with Crippen LogP contribution in [0.15, 0.2) is 91.1 Å². The number of fused-ring (bicyclic) bond motifs is 8. The summed E-state index contributed by atoms with van der Waals surface area (Å²) < 4.78 is 25.3. The van der Waals surface area contributed by atoms with Crippen LogP contribution in [0.1, 0.15) is 9.68 Å². The van der Waals surface area contributed by atoms with Crippen molar-refractivity contribution in [3.05, 3.63) is 96.7 Å². The molecule has 0 aliphatic rings. The van der Waals surface area contributed by atoms with Crippen LogP contribution in [0.5, 0.6) is 0 Å². The molecule has 0 unspecified atom stereocenters. The average Bonchev–Trinajstić information content (AvgIpc) is 3.35. The zero-order chi connectivity index (χ0) is 22.3. The number of pyridine rings is 1. The van der Waals surface area contributed by atoms with Crippen molar-refractivity contribution >= 4 is 48.9 Å². The van der Waals surface area contributed by atoms with Gasteiger partial charge in [0.15, 0.2) is 0 Å². The molecule has 30 heavy (non-hydrogen) atoms. The summed E-state index contributed by atoms with van der Waals surface area (Å²) in [6, 6.07) is 29.3. The summed E-state index contributed by atoms with van der Waals surface area (Å²) in [5.41, 5.74) is 5.60. The van der Waals surface area contributed by atoms with E-state index in [1.54, 1.807) is 6.07 Å². The minimum absolute atomic E-state index is 0.254. The van der Waals surface area contributed by atoms with Crippen molar-refractivity contribution in [3.8, 4) is 11.3 Å². The number of hydrogen-bond donors (Lipinski definition) is 0. The lowest BCUT2D eigenvalue weighted by atomic mass is 9.99. The highest BCUT2D eigenvalue weighted by Crippen LogP contribution is 2.43. The molecule has 0 saturated carbocycles. The van der Waals surface area contributed by atoms with Crippen LogP contribution < -0.4 is 0 Å². The lowest BCUT2D eigenvalue weighted by Crippen LogP contribution is -1.84. The highest BCUT2D eigenvalue weighted by atomic mass is 14.9. The Morgan fingerprint density at radius 3 is 2.43 bits per heavy atom. The number of hydrogen-bond acceptors (Lipinski definition) is 1. The number of rotatable bonds is 1. The van der Waals surface area contributed by atoms with Crippen molar-refractivity contribution in [2.24, 2.45) is 0 Å². The summed E-state index contributed by atoms with van der Waals surface area (Å²) >= 11 is 0. The fraction of sp³-hybridized carbons (Fsp3) is 0.0357. The Morgan fingerprint density at radius 2 is 1.57 bits per heavy atom. The molecule has 0 fully saturated rings. The Balaban J connectivity index is 1.65. The lowest BCUT2D eigenvalue weighted by Gasteiger charge is -2.05. The number of nitrogens with zero attached hydrogens (tertiary/aromatic N) is 2. The van der Waals surface area contributed by atoms with Gasteiger partial charge in [-0.2, -0.15) is 0 Å².